The van der Waals surface area contributed by atoms with Crippen molar-refractivity contribution in [3.8, 4) is 0 Å². The number of nitrogens with zero attached hydrogens (tertiary/aromatic N) is 4. The molecule has 27 heavy (non-hydrogen) atoms. The van der Waals surface area contributed by atoms with Crippen molar-refractivity contribution >= 4 is 11.9 Å². The molecule has 0 radical (unpaired) electrons. The number of rotatable bonds is 4. The maximum absolute atomic E-state index is 10.6. The number of hydrogen-bond donors (Lipinski definition) is 1. The fourth-order valence-electron chi connectivity index (χ4n) is 3.86. The van der Waals surface area contributed by atoms with Gasteiger partial charge in [-0.15, -0.1) is 0 Å². The van der Waals surface area contributed by atoms with Crippen LogP contribution in [0.3, 0.4) is 0 Å². The monoisotopic (exact) mass is 386 g/mol. The quantitative estimate of drug-likeness (QED) is 0.858. The molecule has 1 aliphatic carbocycles. The molecule has 2 atom stereocenters. The number of likely N-dealkylation sites (tertiary alicyclic amines) is 1. The molecule has 6 nitrogen and oxygen atoms in total. The van der Waals surface area contributed by atoms with E-state index < -0.39 is 12.1 Å². The second-order valence-corrected chi connectivity index (χ2v) is 7.39. The average molecular weight is 386 g/mol. The van der Waals surface area contributed by atoms with Crippen LogP contribution in [0, 0.1) is 5.92 Å². The van der Waals surface area contributed by atoms with Crippen LogP contribution in [0.15, 0.2) is 12.4 Å². The summed E-state index contributed by atoms with van der Waals surface area (Å²) in [5.74, 6) is -0.807. The highest BCUT2D eigenvalue weighted by Gasteiger charge is 2.44. The number of hydrogen-bond acceptors (Lipinski definition) is 5. The second kappa shape index (κ2) is 8.00. The Morgan fingerprint density at radius 3 is 2.26 bits per heavy atom. The number of aliphatic carboxylic acids is 1. The van der Waals surface area contributed by atoms with E-state index in [1.807, 2.05) is 12.4 Å². The Hall–Kier alpha value is -1.90. The van der Waals surface area contributed by atoms with Crippen LogP contribution in [-0.4, -0.2) is 63.8 Å². The molecule has 1 saturated carbocycles. The van der Waals surface area contributed by atoms with E-state index in [9.17, 15) is 13.2 Å². The first-order valence-corrected chi connectivity index (χ1v) is 9.41. The lowest BCUT2D eigenvalue weighted by atomic mass is 10.1. The van der Waals surface area contributed by atoms with E-state index in [4.69, 9.17) is 9.90 Å². The molecule has 1 aromatic rings. The Kier molecular flexibility index (Phi) is 5.88. The van der Waals surface area contributed by atoms with E-state index in [2.05, 4.69) is 26.7 Å². The molecule has 9 heteroatoms. The van der Waals surface area contributed by atoms with Gasteiger partial charge in [0, 0.05) is 44.1 Å². The van der Waals surface area contributed by atoms with E-state index in [0.717, 1.165) is 30.9 Å². The van der Waals surface area contributed by atoms with Gasteiger partial charge in [0.1, 0.15) is 0 Å². The lowest BCUT2D eigenvalue weighted by Crippen LogP contribution is -2.38. The number of carbonyl (C=O) groups is 1. The molecule has 2 saturated heterocycles. The second-order valence-electron chi connectivity index (χ2n) is 7.39. The highest BCUT2D eigenvalue weighted by atomic mass is 19.4. The van der Waals surface area contributed by atoms with Crippen molar-refractivity contribution in [1.82, 2.24) is 14.9 Å². The van der Waals surface area contributed by atoms with Gasteiger partial charge in [0.2, 0.25) is 5.95 Å². The zero-order valence-electron chi connectivity index (χ0n) is 15.3. The van der Waals surface area contributed by atoms with Crippen LogP contribution in [0.2, 0.25) is 0 Å². The molecule has 4 rings (SSSR count). The van der Waals surface area contributed by atoms with Crippen LogP contribution in [0.25, 0.3) is 0 Å². The van der Waals surface area contributed by atoms with Gasteiger partial charge in [-0.25, -0.2) is 14.8 Å². The standard InChI is InChI=1S/C16H24N4.C2HF3O2/c1-2-12-9-17-16(18-10-12)20-8-6-14-15(20)5-7-19(14)11-13-3-4-13;3-2(4,5)1(6)7/h9-10,13-15H,2-8,11H2,1H3;(H,6,7)/t14-,15+;/m0./s1. The van der Waals surface area contributed by atoms with E-state index in [0.29, 0.717) is 6.04 Å². The Bertz CT molecular complexity index is 649. The van der Waals surface area contributed by atoms with Gasteiger partial charge >= 0.3 is 12.1 Å². The maximum Gasteiger partial charge on any atom is 0.490 e. The van der Waals surface area contributed by atoms with Crippen molar-refractivity contribution in [3.05, 3.63) is 18.0 Å². The number of fused-ring (bicyclic) bond motifs is 1. The normalized spacial score (nSPS) is 25.1. The molecular weight excluding hydrogens is 361 g/mol. The third-order valence-corrected chi connectivity index (χ3v) is 5.48. The van der Waals surface area contributed by atoms with Crippen LogP contribution in [0.1, 0.15) is 38.2 Å². The minimum Gasteiger partial charge on any atom is -0.475 e. The molecule has 3 heterocycles. The highest BCUT2D eigenvalue weighted by molar-refractivity contribution is 5.73. The number of halogens is 3. The number of anilines is 1. The molecule has 3 fully saturated rings. The van der Waals surface area contributed by atoms with Gasteiger partial charge < -0.3 is 10.0 Å². The van der Waals surface area contributed by atoms with Crippen LogP contribution < -0.4 is 4.90 Å². The molecule has 150 valence electrons. The van der Waals surface area contributed by atoms with E-state index in [1.165, 1.54) is 44.3 Å². The molecule has 0 amide bonds. The minimum absolute atomic E-state index is 0.654. The van der Waals surface area contributed by atoms with Crippen LogP contribution in [-0.2, 0) is 11.2 Å². The van der Waals surface area contributed by atoms with E-state index in [-0.39, 0.29) is 0 Å². The van der Waals surface area contributed by atoms with Crippen molar-refractivity contribution in [2.75, 3.05) is 24.5 Å². The first-order chi connectivity index (χ1) is 12.8. The van der Waals surface area contributed by atoms with Gasteiger partial charge in [0.25, 0.3) is 0 Å². The summed E-state index contributed by atoms with van der Waals surface area (Å²) in [5.41, 5.74) is 1.23. The smallest absolute Gasteiger partial charge is 0.475 e. The van der Waals surface area contributed by atoms with Gasteiger partial charge in [0.05, 0.1) is 0 Å². The van der Waals surface area contributed by atoms with Crippen molar-refractivity contribution in [1.29, 1.82) is 0 Å². The minimum atomic E-state index is -5.08. The van der Waals surface area contributed by atoms with Gasteiger partial charge in [-0.05, 0) is 43.6 Å². The summed E-state index contributed by atoms with van der Waals surface area (Å²) in [7, 11) is 0. The zero-order chi connectivity index (χ0) is 19.6. The predicted octanol–water partition coefficient (Wildman–Crippen LogP) is 2.74. The topological polar surface area (TPSA) is 69.6 Å². The summed E-state index contributed by atoms with van der Waals surface area (Å²) < 4.78 is 31.7. The molecule has 1 N–H and O–H groups in total. The van der Waals surface area contributed by atoms with Crippen molar-refractivity contribution in [2.45, 2.75) is 57.3 Å². The van der Waals surface area contributed by atoms with Gasteiger partial charge in [-0.3, -0.25) is 4.90 Å². The van der Waals surface area contributed by atoms with Gasteiger partial charge in [-0.1, -0.05) is 6.92 Å². The summed E-state index contributed by atoms with van der Waals surface area (Å²) >= 11 is 0. The SMILES string of the molecule is CCc1cnc(N2CC[C@H]3[C@H]2CCN3CC2CC2)nc1.O=C(O)C(F)(F)F. The first-order valence-electron chi connectivity index (χ1n) is 9.41. The van der Waals surface area contributed by atoms with Crippen LogP contribution in [0.5, 0.6) is 0 Å². The molecule has 1 aromatic heterocycles. The van der Waals surface area contributed by atoms with Crippen LogP contribution in [0.4, 0.5) is 19.1 Å². The fourth-order valence-corrected chi connectivity index (χ4v) is 3.86. The Balaban J connectivity index is 0.000000260. The van der Waals surface area contributed by atoms with Crippen molar-refractivity contribution in [3.63, 3.8) is 0 Å². The lowest BCUT2D eigenvalue weighted by Gasteiger charge is -2.25. The number of alkyl halides is 3. The molecule has 3 aliphatic rings. The molecule has 0 spiro atoms. The molecule has 2 aliphatic heterocycles. The molecule has 0 bridgehead atoms. The van der Waals surface area contributed by atoms with Crippen LogP contribution >= 0.6 is 0 Å². The maximum atomic E-state index is 10.6. The van der Waals surface area contributed by atoms with Gasteiger partial charge in [-0.2, -0.15) is 13.2 Å². The fraction of sp³-hybridized carbons (Fsp3) is 0.722. The third kappa shape index (κ3) is 4.88. The summed E-state index contributed by atoms with van der Waals surface area (Å²) in [6.45, 7) is 5.89. The van der Waals surface area contributed by atoms with E-state index in [1.54, 1.807) is 0 Å². The number of aromatic nitrogens is 2. The van der Waals surface area contributed by atoms with E-state index >= 15 is 0 Å². The summed E-state index contributed by atoms with van der Waals surface area (Å²) in [4.78, 5) is 23.3. The average Bonchev–Trinajstić information content (AvgIpc) is 3.21. The van der Waals surface area contributed by atoms with Crippen molar-refractivity contribution in [2.24, 2.45) is 5.92 Å². The molecule has 0 unspecified atom stereocenters. The summed E-state index contributed by atoms with van der Waals surface area (Å²) in [5, 5.41) is 7.12. The number of carboxylic acid groups (broad SMARTS) is 1. The highest BCUT2D eigenvalue weighted by Crippen LogP contribution is 2.37. The zero-order valence-corrected chi connectivity index (χ0v) is 15.3. The number of aryl methyl sites for hydroxylation is 1. The Morgan fingerprint density at radius 2 is 1.74 bits per heavy atom. The lowest BCUT2D eigenvalue weighted by molar-refractivity contribution is -0.192. The van der Waals surface area contributed by atoms with Crippen molar-refractivity contribution < 1.29 is 23.1 Å². The third-order valence-electron chi connectivity index (χ3n) is 5.48. The van der Waals surface area contributed by atoms with Gasteiger partial charge in [0.15, 0.2) is 0 Å². The Labute approximate surface area is 156 Å². The summed E-state index contributed by atoms with van der Waals surface area (Å²) in [6, 6.07) is 1.41. The largest absolute Gasteiger partial charge is 0.490 e. The summed E-state index contributed by atoms with van der Waals surface area (Å²) in [6.07, 6.45) is 5.41. The number of carboxylic acids is 1. The predicted molar refractivity (Wildman–Crippen MR) is 93.6 cm³/mol. The Morgan fingerprint density at radius 1 is 1.15 bits per heavy atom. The first kappa shape index (κ1) is 19.9. The molecule has 0 aromatic carbocycles. The molecular formula is C18H25F3N4O2.